The Morgan fingerprint density at radius 2 is 1.81 bits per heavy atom. The first-order chi connectivity index (χ1) is 7.65. The normalized spacial score (nSPS) is 10.2. The van der Waals surface area contributed by atoms with E-state index in [0.717, 1.165) is 18.2 Å². The van der Waals surface area contributed by atoms with Gasteiger partial charge in [0.15, 0.2) is 11.6 Å². The van der Waals surface area contributed by atoms with Gasteiger partial charge < -0.3 is 4.74 Å². The molecule has 0 saturated carbocycles. The number of hydrogen-bond donors (Lipinski definition) is 0. The zero-order valence-corrected chi connectivity index (χ0v) is 9.41. The molecule has 0 atom stereocenters. The third kappa shape index (κ3) is 2.52. The highest BCUT2D eigenvalue weighted by Gasteiger charge is 2.07. The molecule has 2 rings (SSSR count). The second-order valence-electron chi connectivity index (χ2n) is 2.86. The zero-order valence-electron chi connectivity index (χ0n) is 7.82. The summed E-state index contributed by atoms with van der Waals surface area (Å²) in [7, 11) is 0. The molecule has 3 nitrogen and oxygen atoms in total. The molecule has 82 valence electrons. The second kappa shape index (κ2) is 4.52. The molecule has 0 unspecified atom stereocenters. The summed E-state index contributed by atoms with van der Waals surface area (Å²) in [4.78, 5) is 7.55. The van der Waals surface area contributed by atoms with Gasteiger partial charge in [-0.3, -0.25) is 0 Å². The highest BCUT2D eigenvalue weighted by molar-refractivity contribution is 9.10. The first kappa shape index (κ1) is 10.9. The van der Waals surface area contributed by atoms with E-state index >= 15 is 0 Å². The molecule has 0 spiro atoms. The highest BCUT2D eigenvalue weighted by atomic mass is 79.9. The minimum Gasteiger partial charge on any atom is -0.421 e. The van der Waals surface area contributed by atoms with Crippen molar-refractivity contribution in [2.45, 2.75) is 0 Å². The molecule has 0 radical (unpaired) electrons. The van der Waals surface area contributed by atoms with Crippen LogP contribution in [0, 0.1) is 11.6 Å². The molecule has 0 aliphatic heterocycles. The van der Waals surface area contributed by atoms with Gasteiger partial charge in [0.25, 0.3) is 0 Å². The number of benzene rings is 1. The van der Waals surface area contributed by atoms with Crippen molar-refractivity contribution in [1.29, 1.82) is 0 Å². The van der Waals surface area contributed by atoms with E-state index in [-0.39, 0.29) is 11.8 Å². The zero-order chi connectivity index (χ0) is 11.5. The third-order valence-corrected chi connectivity index (χ3v) is 2.10. The summed E-state index contributed by atoms with van der Waals surface area (Å²) in [5, 5.41) is 0. The fourth-order valence-corrected chi connectivity index (χ4v) is 1.21. The van der Waals surface area contributed by atoms with Crippen LogP contribution >= 0.6 is 15.9 Å². The fraction of sp³-hybridized carbons (Fsp3) is 0. The van der Waals surface area contributed by atoms with Crippen LogP contribution in [0.1, 0.15) is 0 Å². The smallest absolute Gasteiger partial charge is 0.322 e. The average molecular weight is 287 g/mol. The van der Waals surface area contributed by atoms with Crippen LogP contribution in [0.25, 0.3) is 0 Å². The van der Waals surface area contributed by atoms with Crippen molar-refractivity contribution in [3.63, 3.8) is 0 Å². The average Bonchev–Trinajstić information content (AvgIpc) is 2.27. The minimum atomic E-state index is -0.673. The molecule has 1 aromatic heterocycles. The number of halogens is 3. The predicted molar refractivity (Wildman–Crippen MR) is 56.2 cm³/mol. The Morgan fingerprint density at radius 3 is 2.50 bits per heavy atom. The maximum atomic E-state index is 13.2. The van der Waals surface area contributed by atoms with Gasteiger partial charge in [-0.1, -0.05) is 0 Å². The molecule has 0 bridgehead atoms. The Bertz CT molecular complexity index is 505. The van der Waals surface area contributed by atoms with Crippen LogP contribution in [-0.2, 0) is 0 Å². The largest absolute Gasteiger partial charge is 0.421 e. The molecule has 0 aliphatic carbocycles. The number of ether oxygens (including phenoxy) is 1. The molecule has 16 heavy (non-hydrogen) atoms. The Hall–Kier alpha value is -1.56. The molecule has 0 fully saturated rings. The van der Waals surface area contributed by atoms with E-state index in [9.17, 15) is 8.78 Å². The maximum absolute atomic E-state index is 13.2. The van der Waals surface area contributed by atoms with Crippen molar-refractivity contribution in [2.24, 2.45) is 0 Å². The second-order valence-corrected chi connectivity index (χ2v) is 3.78. The molecule has 1 aromatic carbocycles. The number of rotatable bonds is 2. The van der Waals surface area contributed by atoms with Gasteiger partial charge in [0.2, 0.25) is 0 Å². The van der Waals surface area contributed by atoms with E-state index < -0.39 is 11.6 Å². The van der Waals surface area contributed by atoms with Crippen molar-refractivity contribution < 1.29 is 13.5 Å². The Kier molecular flexibility index (Phi) is 3.09. The lowest BCUT2D eigenvalue weighted by molar-refractivity contribution is 0.406. The van der Waals surface area contributed by atoms with E-state index in [1.54, 1.807) is 0 Å². The van der Waals surface area contributed by atoms with Crippen molar-refractivity contribution in [2.75, 3.05) is 0 Å². The molecule has 0 amide bonds. The van der Waals surface area contributed by atoms with Gasteiger partial charge in [-0.2, -0.15) is 0 Å². The first-order valence-corrected chi connectivity index (χ1v) is 5.05. The summed E-state index contributed by atoms with van der Waals surface area (Å²) >= 11 is 3.14. The van der Waals surface area contributed by atoms with Crippen LogP contribution in [-0.4, -0.2) is 9.97 Å². The Labute approximate surface area is 98.2 Å². The van der Waals surface area contributed by atoms with Crippen molar-refractivity contribution >= 4 is 15.9 Å². The van der Waals surface area contributed by atoms with Gasteiger partial charge in [-0.05, 0) is 28.1 Å². The van der Waals surface area contributed by atoms with Crippen LogP contribution in [0.5, 0.6) is 11.8 Å². The maximum Gasteiger partial charge on any atom is 0.322 e. The SMILES string of the molecule is Fc1ccc(F)c(Oc2ncc(Br)cn2)c1. The first-order valence-electron chi connectivity index (χ1n) is 4.25. The molecular weight excluding hydrogens is 282 g/mol. The lowest BCUT2D eigenvalue weighted by Crippen LogP contribution is -1.94. The monoisotopic (exact) mass is 286 g/mol. The molecule has 0 aliphatic rings. The summed E-state index contributed by atoms with van der Waals surface area (Å²) in [5.41, 5.74) is 0. The Balaban J connectivity index is 2.26. The van der Waals surface area contributed by atoms with E-state index in [0.29, 0.717) is 4.47 Å². The fourth-order valence-electron chi connectivity index (χ4n) is 1.01. The summed E-state index contributed by atoms with van der Waals surface area (Å²) < 4.78 is 31.7. The predicted octanol–water partition coefficient (Wildman–Crippen LogP) is 3.31. The van der Waals surface area contributed by atoms with Crippen molar-refractivity contribution in [3.8, 4) is 11.8 Å². The topological polar surface area (TPSA) is 35.0 Å². The van der Waals surface area contributed by atoms with Crippen molar-refractivity contribution in [3.05, 3.63) is 46.7 Å². The van der Waals surface area contributed by atoms with Gasteiger partial charge in [0.05, 0.1) is 4.47 Å². The van der Waals surface area contributed by atoms with E-state index in [1.807, 2.05) is 0 Å². The summed E-state index contributed by atoms with van der Waals surface area (Å²) in [6.07, 6.45) is 2.89. The van der Waals surface area contributed by atoms with Crippen LogP contribution in [0.3, 0.4) is 0 Å². The molecule has 2 aromatic rings. The van der Waals surface area contributed by atoms with Crippen LogP contribution in [0.15, 0.2) is 35.1 Å². The number of hydrogen-bond acceptors (Lipinski definition) is 3. The molecule has 0 N–H and O–H groups in total. The van der Waals surface area contributed by atoms with Crippen molar-refractivity contribution in [1.82, 2.24) is 9.97 Å². The van der Waals surface area contributed by atoms with Crippen LogP contribution < -0.4 is 4.74 Å². The molecular formula is C10H5BrF2N2O. The van der Waals surface area contributed by atoms with Gasteiger partial charge in [-0.25, -0.2) is 18.7 Å². The molecule has 6 heteroatoms. The summed E-state index contributed by atoms with van der Waals surface area (Å²) in [6, 6.07) is 2.86. The van der Waals surface area contributed by atoms with Gasteiger partial charge in [0, 0.05) is 18.5 Å². The number of nitrogens with zero attached hydrogens (tertiary/aromatic N) is 2. The van der Waals surface area contributed by atoms with E-state index in [2.05, 4.69) is 25.9 Å². The highest BCUT2D eigenvalue weighted by Crippen LogP contribution is 2.22. The quantitative estimate of drug-likeness (QED) is 0.850. The standard InChI is InChI=1S/C10H5BrF2N2O/c11-6-4-14-10(15-5-6)16-9-3-7(12)1-2-8(9)13/h1-5H. The Morgan fingerprint density at radius 1 is 1.12 bits per heavy atom. The summed E-state index contributed by atoms with van der Waals surface area (Å²) in [5.74, 6) is -1.51. The van der Waals surface area contributed by atoms with Gasteiger partial charge >= 0.3 is 6.01 Å². The lowest BCUT2D eigenvalue weighted by atomic mass is 10.3. The molecule has 0 saturated heterocycles. The van der Waals surface area contributed by atoms with E-state index in [1.165, 1.54) is 12.4 Å². The lowest BCUT2D eigenvalue weighted by Gasteiger charge is -2.04. The number of aromatic nitrogens is 2. The summed E-state index contributed by atoms with van der Waals surface area (Å²) in [6.45, 7) is 0. The van der Waals surface area contributed by atoms with Gasteiger partial charge in [-0.15, -0.1) is 0 Å². The van der Waals surface area contributed by atoms with E-state index in [4.69, 9.17) is 4.74 Å². The third-order valence-electron chi connectivity index (χ3n) is 1.69. The minimum absolute atomic E-state index is 0.0484. The van der Waals surface area contributed by atoms with Crippen LogP contribution in [0.2, 0.25) is 0 Å². The van der Waals surface area contributed by atoms with Gasteiger partial charge in [0.1, 0.15) is 5.82 Å². The van der Waals surface area contributed by atoms with Crippen LogP contribution in [0.4, 0.5) is 8.78 Å². The molecule has 1 heterocycles.